The highest BCUT2D eigenvalue weighted by Gasteiger charge is 2.17. The van der Waals surface area contributed by atoms with E-state index in [-0.39, 0.29) is 17.5 Å². The zero-order valence-electron chi connectivity index (χ0n) is 13.9. The van der Waals surface area contributed by atoms with Gasteiger partial charge in [0.15, 0.2) is 0 Å². The van der Waals surface area contributed by atoms with Crippen LogP contribution in [0, 0.1) is 11.3 Å². The highest BCUT2D eigenvalue weighted by molar-refractivity contribution is 6.02. The lowest BCUT2D eigenvalue weighted by molar-refractivity contribution is -0.117. The molecule has 0 aromatic heterocycles. The normalized spacial score (nSPS) is 15.9. The second kappa shape index (κ2) is 8.88. The summed E-state index contributed by atoms with van der Waals surface area (Å²) in [4.78, 5) is 23.7. The number of benzene rings is 1. The van der Waals surface area contributed by atoms with Crippen molar-refractivity contribution in [3.63, 3.8) is 0 Å². The van der Waals surface area contributed by atoms with Gasteiger partial charge in [-0.25, -0.2) is 4.79 Å². The van der Waals surface area contributed by atoms with Crippen molar-refractivity contribution in [1.82, 2.24) is 5.32 Å². The lowest BCUT2D eigenvalue weighted by Crippen LogP contribution is -2.35. The van der Waals surface area contributed by atoms with E-state index in [0.717, 1.165) is 25.7 Å². The van der Waals surface area contributed by atoms with Crippen LogP contribution in [-0.2, 0) is 9.53 Å². The molecule has 1 N–H and O–H groups in total. The van der Waals surface area contributed by atoms with Gasteiger partial charge in [0.25, 0.3) is 5.91 Å². The number of ether oxygens (including phenoxy) is 1. The molecule has 0 aliphatic heterocycles. The number of nitrogens with zero attached hydrogens (tertiary/aromatic N) is 1. The molecule has 1 aromatic carbocycles. The van der Waals surface area contributed by atoms with Crippen molar-refractivity contribution in [2.75, 3.05) is 7.11 Å². The number of nitrogens with one attached hydrogen (secondary N) is 1. The minimum absolute atomic E-state index is 0.0741. The molecule has 1 saturated carbocycles. The smallest absolute Gasteiger partial charge is 0.337 e. The Kier molecular flexibility index (Phi) is 6.56. The fourth-order valence-corrected chi connectivity index (χ4v) is 2.84. The van der Waals surface area contributed by atoms with Crippen LogP contribution in [0.4, 0.5) is 0 Å². The monoisotopic (exact) mass is 326 g/mol. The van der Waals surface area contributed by atoms with Gasteiger partial charge in [-0.05, 0) is 36.6 Å². The number of nitriles is 1. The highest BCUT2D eigenvalue weighted by Crippen LogP contribution is 2.18. The summed E-state index contributed by atoms with van der Waals surface area (Å²) in [5, 5.41) is 12.2. The Hall–Kier alpha value is -2.61. The molecule has 0 spiro atoms. The molecule has 24 heavy (non-hydrogen) atoms. The van der Waals surface area contributed by atoms with E-state index >= 15 is 0 Å². The van der Waals surface area contributed by atoms with E-state index in [4.69, 9.17) is 0 Å². The predicted octanol–water partition coefficient (Wildman–Crippen LogP) is 3.22. The van der Waals surface area contributed by atoms with Crippen molar-refractivity contribution >= 4 is 18.0 Å². The standard InChI is InChI=1S/C19H22N2O3/c1-24-19(23)15-10-8-14(9-11-15)12-16(13-20)18(22)21-17-6-4-2-3-5-7-17/h8-12,17H,2-7H2,1H3,(H,21,22)/b16-12+. The third-order valence-corrected chi connectivity index (χ3v) is 4.20. The zero-order valence-corrected chi connectivity index (χ0v) is 13.9. The zero-order chi connectivity index (χ0) is 17.4. The van der Waals surface area contributed by atoms with E-state index in [1.165, 1.54) is 26.0 Å². The molecular formula is C19H22N2O3. The van der Waals surface area contributed by atoms with Crippen molar-refractivity contribution in [2.24, 2.45) is 0 Å². The number of methoxy groups -OCH3 is 1. The molecule has 5 nitrogen and oxygen atoms in total. The minimum Gasteiger partial charge on any atom is -0.465 e. The van der Waals surface area contributed by atoms with Crippen LogP contribution in [0.15, 0.2) is 29.8 Å². The molecule has 0 radical (unpaired) electrons. The van der Waals surface area contributed by atoms with Gasteiger partial charge in [-0.1, -0.05) is 37.8 Å². The van der Waals surface area contributed by atoms with Crippen LogP contribution in [0.25, 0.3) is 6.08 Å². The second-order valence-electron chi connectivity index (χ2n) is 5.95. The van der Waals surface area contributed by atoms with Crippen molar-refractivity contribution in [2.45, 2.75) is 44.6 Å². The second-order valence-corrected chi connectivity index (χ2v) is 5.95. The molecule has 1 aliphatic rings. The van der Waals surface area contributed by atoms with Gasteiger partial charge in [0.05, 0.1) is 12.7 Å². The Labute approximate surface area is 142 Å². The molecule has 0 heterocycles. The van der Waals surface area contributed by atoms with Gasteiger partial charge >= 0.3 is 5.97 Å². The number of rotatable bonds is 4. The van der Waals surface area contributed by atoms with Gasteiger partial charge in [-0.3, -0.25) is 4.79 Å². The summed E-state index contributed by atoms with van der Waals surface area (Å²) in [7, 11) is 1.32. The summed E-state index contributed by atoms with van der Waals surface area (Å²) < 4.78 is 4.64. The van der Waals surface area contributed by atoms with Crippen LogP contribution in [0.5, 0.6) is 0 Å². The quantitative estimate of drug-likeness (QED) is 0.399. The first-order chi connectivity index (χ1) is 11.6. The summed E-state index contributed by atoms with van der Waals surface area (Å²) in [6.07, 6.45) is 8.13. The molecule has 1 aromatic rings. The van der Waals surface area contributed by atoms with E-state index < -0.39 is 5.97 Å². The molecule has 0 unspecified atom stereocenters. The highest BCUT2D eigenvalue weighted by atomic mass is 16.5. The first-order valence-electron chi connectivity index (χ1n) is 8.25. The van der Waals surface area contributed by atoms with E-state index in [9.17, 15) is 14.9 Å². The van der Waals surface area contributed by atoms with Crippen molar-refractivity contribution in [3.8, 4) is 6.07 Å². The molecule has 126 valence electrons. The molecule has 0 saturated heterocycles. The van der Waals surface area contributed by atoms with Crippen LogP contribution in [-0.4, -0.2) is 25.0 Å². The lowest BCUT2D eigenvalue weighted by atomic mass is 10.1. The van der Waals surface area contributed by atoms with Gasteiger partial charge in [-0.15, -0.1) is 0 Å². The lowest BCUT2D eigenvalue weighted by Gasteiger charge is -2.15. The van der Waals surface area contributed by atoms with E-state index in [1.54, 1.807) is 24.3 Å². The Morgan fingerprint density at radius 1 is 1.17 bits per heavy atom. The van der Waals surface area contributed by atoms with Crippen LogP contribution in [0.2, 0.25) is 0 Å². The SMILES string of the molecule is COC(=O)c1ccc(/C=C(\C#N)C(=O)NC2CCCCCC2)cc1. The molecule has 0 atom stereocenters. The number of esters is 1. The summed E-state index contributed by atoms with van der Waals surface area (Å²) in [5.74, 6) is -0.751. The van der Waals surface area contributed by atoms with Crippen molar-refractivity contribution in [3.05, 3.63) is 41.0 Å². The average Bonchev–Trinajstić information content (AvgIpc) is 2.88. The first kappa shape index (κ1) is 17.7. The van der Waals surface area contributed by atoms with Gasteiger partial charge in [0.1, 0.15) is 11.6 Å². The molecule has 1 aliphatic carbocycles. The molecule has 2 rings (SSSR count). The maximum atomic E-state index is 12.3. The van der Waals surface area contributed by atoms with Crippen LogP contribution < -0.4 is 5.32 Å². The fourth-order valence-electron chi connectivity index (χ4n) is 2.84. The van der Waals surface area contributed by atoms with E-state index in [0.29, 0.717) is 11.1 Å². The average molecular weight is 326 g/mol. The van der Waals surface area contributed by atoms with Crippen molar-refractivity contribution in [1.29, 1.82) is 5.26 Å². The summed E-state index contributed by atoms with van der Waals surface area (Å²) in [6.45, 7) is 0. The number of hydrogen-bond acceptors (Lipinski definition) is 4. The van der Waals surface area contributed by atoms with Gasteiger partial charge in [0.2, 0.25) is 0 Å². The van der Waals surface area contributed by atoms with Gasteiger partial charge < -0.3 is 10.1 Å². The number of hydrogen-bond donors (Lipinski definition) is 1. The predicted molar refractivity (Wildman–Crippen MR) is 91.0 cm³/mol. The summed E-state index contributed by atoms with van der Waals surface area (Å²) >= 11 is 0. The van der Waals surface area contributed by atoms with Gasteiger partial charge in [-0.2, -0.15) is 5.26 Å². The number of amides is 1. The van der Waals surface area contributed by atoms with E-state index in [1.807, 2.05) is 6.07 Å². The summed E-state index contributed by atoms with van der Waals surface area (Å²) in [6, 6.07) is 8.69. The summed E-state index contributed by atoms with van der Waals surface area (Å²) in [5.41, 5.74) is 1.19. The van der Waals surface area contributed by atoms with Crippen LogP contribution >= 0.6 is 0 Å². The molecular weight excluding hydrogens is 304 g/mol. The number of carbonyl (C=O) groups is 2. The Balaban J connectivity index is 2.06. The third kappa shape index (κ3) is 4.95. The van der Waals surface area contributed by atoms with Crippen LogP contribution in [0.3, 0.4) is 0 Å². The minimum atomic E-state index is -0.419. The third-order valence-electron chi connectivity index (χ3n) is 4.20. The van der Waals surface area contributed by atoms with E-state index in [2.05, 4.69) is 10.1 Å². The molecule has 0 bridgehead atoms. The van der Waals surface area contributed by atoms with Crippen molar-refractivity contribution < 1.29 is 14.3 Å². The maximum Gasteiger partial charge on any atom is 0.337 e. The Morgan fingerprint density at radius 3 is 2.33 bits per heavy atom. The molecule has 1 amide bonds. The maximum absolute atomic E-state index is 12.3. The fraction of sp³-hybridized carbons (Fsp3) is 0.421. The van der Waals surface area contributed by atoms with Gasteiger partial charge in [0, 0.05) is 6.04 Å². The Morgan fingerprint density at radius 2 is 1.79 bits per heavy atom. The van der Waals surface area contributed by atoms with Crippen LogP contribution in [0.1, 0.15) is 54.4 Å². The molecule has 5 heteroatoms. The molecule has 1 fully saturated rings. The topological polar surface area (TPSA) is 79.2 Å². The number of carbonyl (C=O) groups excluding carboxylic acids is 2. The Bertz CT molecular complexity index is 648. The first-order valence-corrected chi connectivity index (χ1v) is 8.25. The largest absolute Gasteiger partial charge is 0.465 e.